The Bertz CT molecular complexity index is 139. The molecule has 0 unspecified atom stereocenters. The van der Waals surface area contributed by atoms with Crippen LogP contribution in [0.25, 0.3) is 0 Å². The fourth-order valence-electron chi connectivity index (χ4n) is 1.08. The fourth-order valence-corrected chi connectivity index (χ4v) is 1.08. The Morgan fingerprint density at radius 1 is 1.29 bits per heavy atom. The second kappa shape index (κ2) is 10.5. The van der Waals surface area contributed by atoms with E-state index in [2.05, 4.69) is 5.32 Å². The molecule has 0 radical (unpaired) electrons. The van der Waals surface area contributed by atoms with E-state index in [9.17, 15) is 4.79 Å². The number of ether oxygens (including phenoxy) is 2. The van der Waals surface area contributed by atoms with E-state index < -0.39 is 0 Å². The maximum atomic E-state index is 10.9. The first-order chi connectivity index (χ1) is 6.81. The first-order valence-corrected chi connectivity index (χ1v) is 5.16. The Kier molecular flexibility index (Phi) is 10.0. The molecule has 0 aromatic carbocycles. The van der Waals surface area contributed by atoms with Crippen molar-refractivity contribution in [1.82, 2.24) is 5.32 Å². The number of unbranched alkanes of at least 4 members (excludes halogenated alkanes) is 2. The van der Waals surface area contributed by atoms with Crippen LogP contribution in [0.15, 0.2) is 0 Å². The average molecular weight is 203 g/mol. The minimum atomic E-state index is -0.176. The Morgan fingerprint density at radius 3 is 2.71 bits per heavy atom. The van der Waals surface area contributed by atoms with Gasteiger partial charge in [0.1, 0.15) is 0 Å². The molecule has 0 aliphatic heterocycles. The zero-order valence-electron chi connectivity index (χ0n) is 9.17. The summed E-state index contributed by atoms with van der Waals surface area (Å²) in [6.45, 7) is 4.26. The lowest BCUT2D eigenvalue weighted by Crippen LogP contribution is -2.25. The monoisotopic (exact) mass is 203 g/mol. The molecule has 0 atom stereocenters. The lowest BCUT2D eigenvalue weighted by molar-refractivity contribution is -0.141. The highest BCUT2D eigenvalue weighted by molar-refractivity contribution is 5.71. The topological polar surface area (TPSA) is 47.6 Å². The minimum Gasteiger partial charge on any atom is -0.465 e. The first-order valence-electron chi connectivity index (χ1n) is 5.16. The number of hydrogen-bond acceptors (Lipinski definition) is 4. The third-order valence-electron chi connectivity index (χ3n) is 1.78. The van der Waals surface area contributed by atoms with Crippen molar-refractivity contribution >= 4 is 5.97 Å². The van der Waals surface area contributed by atoms with Crippen molar-refractivity contribution in [2.24, 2.45) is 0 Å². The molecule has 0 saturated heterocycles. The number of esters is 1. The summed E-state index contributed by atoms with van der Waals surface area (Å²) in [6, 6.07) is 0. The summed E-state index contributed by atoms with van der Waals surface area (Å²) in [7, 11) is 1.71. The van der Waals surface area contributed by atoms with Crippen LogP contribution in [0.3, 0.4) is 0 Å². The molecule has 0 aromatic heterocycles. The van der Waals surface area contributed by atoms with Crippen LogP contribution >= 0.6 is 0 Å². The molecule has 0 spiro atoms. The Labute approximate surface area is 86.0 Å². The van der Waals surface area contributed by atoms with Crippen molar-refractivity contribution in [3.05, 3.63) is 0 Å². The Balaban J connectivity index is 3.01. The van der Waals surface area contributed by atoms with Gasteiger partial charge in [-0.25, -0.2) is 0 Å². The third kappa shape index (κ3) is 9.48. The van der Waals surface area contributed by atoms with Gasteiger partial charge in [0.2, 0.25) is 0 Å². The van der Waals surface area contributed by atoms with Crippen LogP contribution in [0, 0.1) is 0 Å². The summed E-state index contributed by atoms with van der Waals surface area (Å²) in [5.41, 5.74) is 0. The molecular weight excluding hydrogens is 182 g/mol. The molecule has 1 N–H and O–H groups in total. The van der Waals surface area contributed by atoms with Crippen molar-refractivity contribution in [3.63, 3.8) is 0 Å². The highest BCUT2D eigenvalue weighted by Crippen LogP contribution is 1.93. The van der Waals surface area contributed by atoms with Gasteiger partial charge in [0.05, 0.1) is 13.2 Å². The molecule has 0 fully saturated rings. The summed E-state index contributed by atoms with van der Waals surface area (Å²) >= 11 is 0. The predicted molar refractivity (Wildman–Crippen MR) is 55.2 cm³/mol. The van der Waals surface area contributed by atoms with Crippen LogP contribution < -0.4 is 5.32 Å². The number of hydrogen-bond donors (Lipinski definition) is 1. The lowest BCUT2D eigenvalue weighted by Gasteiger charge is -2.04. The molecule has 0 aliphatic rings. The fraction of sp³-hybridized carbons (Fsp3) is 0.900. The van der Waals surface area contributed by atoms with Gasteiger partial charge in [0, 0.05) is 13.7 Å². The van der Waals surface area contributed by atoms with Crippen LogP contribution in [-0.4, -0.2) is 39.4 Å². The van der Waals surface area contributed by atoms with Gasteiger partial charge in [-0.1, -0.05) is 0 Å². The molecule has 0 heterocycles. The molecule has 0 saturated carbocycles. The van der Waals surface area contributed by atoms with Crippen molar-refractivity contribution in [2.75, 3.05) is 33.4 Å². The molecule has 14 heavy (non-hydrogen) atoms. The van der Waals surface area contributed by atoms with Gasteiger partial charge in [0.15, 0.2) is 0 Å². The van der Waals surface area contributed by atoms with Gasteiger partial charge in [-0.2, -0.15) is 0 Å². The molecule has 84 valence electrons. The molecule has 0 aliphatic carbocycles. The highest BCUT2D eigenvalue weighted by atomic mass is 16.5. The third-order valence-corrected chi connectivity index (χ3v) is 1.78. The van der Waals surface area contributed by atoms with Crippen LogP contribution in [0.5, 0.6) is 0 Å². The van der Waals surface area contributed by atoms with E-state index in [4.69, 9.17) is 9.47 Å². The van der Waals surface area contributed by atoms with Crippen LogP contribution in [0.4, 0.5) is 0 Å². The zero-order chi connectivity index (χ0) is 10.6. The van der Waals surface area contributed by atoms with E-state index >= 15 is 0 Å². The average Bonchev–Trinajstić information content (AvgIpc) is 2.17. The van der Waals surface area contributed by atoms with Crippen LogP contribution in [-0.2, 0) is 14.3 Å². The van der Waals surface area contributed by atoms with Gasteiger partial charge < -0.3 is 14.8 Å². The summed E-state index contributed by atoms with van der Waals surface area (Å²) in [5.74, 6) is -0.176. The summed E-state index contributed by atoms with van der Waals surface area (Å²) < 4.78 is 9.69. The van der Waals surface area contributed by atoms with E-state index in [1.807, 2.05) is 6.92 Å². The SMILES string of the molecule is CCOC(=O)CNCCCCCOC. The van der Waals surface area contributed by atoms with Gasteiger partial charge in [-0.05, 0) is 32.7 Å². The molecular formula is C10H21NO3. The number of methoxy groups -OCH3 is 1. The van der Waals surface area contributed by atoms with Crippen LogP contribution in [0.1, 0.15) is 26.2 Å². The molecule has 0 bridgehead atoms. The van der Waals surface area contributed by atoms with Crippen molar-refractivity contribution in [3.8, 4) is 0 Å². The van der Waals surface area contributed by atoms with Crippen molar-refractivity contribution < 1.29 is 14.3 Å². The van der Waals surface area contributed by atoms with Crippen molar-refractivity contribution in [2.45, 2.75) is 26.2 Å². The highest BCUT2D eigenvalue weighted by Gasteiger charge is 1.98. The molecule has 4 heteroatoms. The van der Waals surface area contributed by atoms with Gasteiger partial charge >= 0.3 is 5.97 Å². The van der Waals surface area contributed by atoms with Gasteiger partial charge in [0.25, 0.3) is 0 Å². The largest absolute Gasteiger partial charge is 0.465 e. The lowest BCUT2D eigenvalue weighted by atomic mass is 10.2. The second-order valence-corrected chi connectivity index (χ2v) is 3.04. The summed E-state index contributed by atoms with van der Waals surface area (Å²) in [6.07, 6.45) is 3.28. The van der Waals surface area contributed by atoms with Crippen molar-refractivity contribution in [1.29, 1.82) is 0 Å². The number of rotatable bonds is 9. The van der Waals surface area contributed by atoms with E-state index in [1.165, 1.54) is 0 Å². The summed E-state index contributed by atoms with van der Waals surface area (Å²) in [4.78, 5) is 10.9. The van der Waals surface area contributed by atoms with E-state index in [1.54, 1.807) is 7.11 Å². The number of carbonyl (C=O) groups excluding carboxylic acids is 1. The molecule has 0 rings (SSSR count). The van der Waals surface area contributed by atoms with Gasteiger partial charge in [-0.15, -0.1) is 0 Å². The predicted octanol–water partition coefficient (Wildman–Crippen LogP) is 0.956. The molecule has 0 amide bonds. The standard InChI is InChI=1S/C10H21NO3/c1-3-14-10(12)9-11-7-5-4-6-8-13-2/h11H,3-9H2,1-2H3. The maximum Gasteiger partial charge on any atom is 0.319 e. The quantitative estimate of drug-likeness (QED) is 0.448. The van der Waals surface area contributed by atoms with E-state index in [0.717, 1.165) is 32.4 Å². The van der Waals surface area contributed by atoms with E-state index in [-0.39, 0.29) is 5.97 Å². The number of nitrogens with one attached hydrogen (secondary N) is 1. The Hall–Kier alpha value is -0.610. The van der Waals surface area contributed by atoms with Crippen LogP contribution in [0.2, 0.25) is 0 Å². The van der Waals surface area contributed by atoms with E-state index in [0.29, 0.717) is 13.2 Å². The second-order valence-electron chi connectivity index (χ2n) is 3.04. The zero-order valence-corrected chi connectivity index (χ0v) is 9.17. The molecule has 4 nitrogen and oxygen atoms in total. The number of carbonyl (C=O) groups is 1. The molecule has 0 aromatic rings. The first kappa shape index (κ1) is 13.4. The van der Waals surface area contributed by atoms with Gasteiger partial charge in [-0.3, -0.25) is 4.79 Å². The normalized spacial score (nSPS) is 10.1. The summed E-state index contributed by atoms with van der Waals surface area (Å²) in [5, 5.41) is 3.03. The smallest absolute Gasteiger partial charge is 0.319 e. The minimum absolute atomic E-state index is 0.176. The Morgan fingerprint density at radius 2 is 2.07 bits per heavy atom. The maximum absolute atomic E-state index is 10.9.